The van der Waals surface area contributed by atoms with Gasteiger partial charge in [0.25, 0.3) is 0 Å². The quantitative estimate of drug-likeness (QED) is 0.762. The first-order valence-electron chi connectivity index (χ1n) is 11.3. The fourth-order valence-corrected chi connectivity index (χ4v) is 4.79. The third-order valence-electron chi connectivity index (χ3n) is 6.76. The van der Waals surface area contributed by atoms with E-state index in [1.165, 1.54) is 0 Å². The molecule has 0 bridgehead atoms. The van der Waals surface area contributed by atoms with Gasteiger partial charge < -0.3 is 9.80 Å². The Balaban J connectivity index is 1.43. The summed E-state index contributed by atoms with van der Waals surface area (Å²) in [4.78, 5) is 30.5. The van der Waals surface area contributed by atoms with Crippen molar-refractivity contribution in [3.05, 3.63) is 71.8 Å². The molecule has 4 rings (SSSR count). The molecule has 2 heterocycles. The van der Waals surface area contributed by atoms with E-state index in [4.69, 9.17) is 0 Å². The second-order valence-corrected chi connectivity index (χ2v) is 8.86. The Morgan fingerprint density at radius 3 is 1.70 bits per heavy atom. The summed E-state index contributed by atoms with van der Waals surface area (Å²) in [6.07, 6.45) is 3.76. The molecule has 2 aromatic rings. The molecule has 0 atom stereocenters. The van der Waals surface area contributed by atoms with Crippen molar-refractivity contribution in [3.8, 4) is 0 Å². The Bertz CT molecular complexity index is 796. The molecule has 0 saturated carbocycles. The Labute approximate surface area is 179 Å². The van der Waals surface area contributed by atoms with Crippen molar-refractivity contribution < 1.29 is 9.59 Å². The Hall–Kier alpha value is -2.62. The zero-order valence-corrected chi connectivity index (χ0v) is 17.9. The van der Waals surface area contributed by atoms with Crippen molar-refractivity contribution in [1.82, 2.24) is 9.80 Å². The van der Waals surface area contributed by atoms with Crippen LogP contribution in [0.25, 0.3) is 0 Å². The molecule has 2 aromatic carbocycles. The fourth-order valence-electron chi connectivity index (χ4n) is 4.79. The van der Waals surface area contributed by atoms with E-state index >= 15 is 0 Å². The summed E-state index contributed by atoms with van der Waals surface area (Å²) in [5.41, 5.74) is 2.05. The molecule has 0 aromatic heterocycles. The summed E-state index contributed by atoms with van der Waals surface area (Å²) in [7, 11) is 0. The minimum Gasteiger partial charge on any atom is -0.342 e. The first-order chi connectivity index (χ1) is 14.6. The number of likely N-dealkylation sites (tertiary alicyclic amines) is 2. The minimum absolute atomic E-state index is 0.0642. The highest BCUT2D eigenvalue weighted by molar-refractivity contribution is 5.87. The molecule has 0 spiro atoms. The molecule has 0 aliphatic carbocycles. The molecule has 0 radical (unpaired) electrons. The van der Waals surface area contributed by atoms with Crippen LogP contribution < -0.4 is 0 Å². The molecule has 2 saturated heterocycles. The average Bonchev–Trinajstić information content (AvgIpc) is 2.81. The van der Waals surface area contributed by atoms with Crippen molar-refractivity contribution in [2.24, 2.45) is 11.8 Å². The number of carbonyl (C=O) groups is 2. The maximum Gasteiger partial charge on any atom is 0.234 e. The number of rotatable bonds is 4. The molecular weight excluding hydrogens is 372 g/mol. The number of nitrogens with zero attached hydrogens (tertiary/aromatic N) is 2. The van der Waals surface area contributed by atoms with Gasteiger partial charge in [0, 0.05) is 32.1 Å². The number of piperidine rings is 2. The van der Waals surface area contributed by atoms with Gasteiger partial charge in [-0.3, -0.25) is 9.59 Å². The Kier molecular flexibility index (Phi) is 6.51. The molecule has 4 heteroatoms. The number of carbonyl (C=O) groups excluding carboxylic acids is 2. The Morgan fingerprint density at radius 2 is 1.20 bits per heavy atom. The predicted octanol–water partition coefficient (Wildman–Crippen LogP) is 4.32. The summed E-state index contributed by atoms with van der Waals surface area (Å²) < 4.78 is 0. The van der Waals surface area contributed by atoms with Crippen LogP contribution >= 0.6 is 0 Å². The lowest BCUT2D eigenvalue weighted by Gasteiger charge is -2.37. The van der Waals surface area contributed by atoms with Gasteiger partial charge in [-0.25, -0.2) is 0 Å². The van der Waals surface area contributed by atoms with Gasteiger partial charge in [-0.05, 0) is 42.7 Å². The zero-order chi connectivity index (χ0) is 20.9. The summed E-state index contributed by atoms with van der Waals surface area (Å²) in [6, 6.07) is 20.0. The molecule has 2 aliphatic rings. The van der Waals surface area contributed by atoms with Crippen LogP contribution in [-0.2, 0) is 9.59 Å². The number of amides is 2. The molecule has 2 aliphatic heterocycles. The van der Waals surface area contributed by atoms with Gasteiger partial charge >= 0.3 is 0 Å². The SMILES string of the molecule is CC1CCN(C(=O)C2CCN(C(=O)C(c3ccccc3)c3ccccc3)CC2)CC1. The van der Waals surface area contributed by atoms with Crippen LogP contribution in [0.4, 0.5) is 0 Å². The second kappa shape index (κ2) is 9.46. The summed E-state index contributed by atoms with van der Waals surface area (Å²) in [6.45, 7) is 5.37. The first-order valence-corrected chi connectivity index (χ1v) is 11.3. The number of hydrogen-bond acceptors (Lipinski definition) is 2. The van der Waals surface area contributed by atoms with E-state index in [1.54, 1.807) is 0 Å². The average molecular weight is 405 g/mol. The van der Waals surface area contributed by atoms with E-state index in [0.29, 0.717) is 19.0 Å². The van der Waals surface area contributed by atoms with E-state index in [2.05, 4.69) is 11.8 Å². The van der Waals surface area contributed by atoms with Crippen molar-refractivity contribution >= 4 is 11.8 Å². The third-order valence-corrected chi connectivity index (χ3v) is 6.76. The predicted molar refractivity (Wildman–Crippen MR) is 119 cm³/mol. The standard InChI is InChI=1S/C26H32N2O2/c1-20-12-16-27(17-13-20)25(29)23-14-18-28(19-15-23)26(30)24(21-8-4-2-5-9-21)22-10-6-3-7-11-22/h2-11,20,23-24H,12-19H2,1H3. The van der Waals surface area contributed by atoms with Crippen molar-refractivity contribution in [2.45, 2.75) is 38.5 Å². The molecular formula is C26H32N2O2. The van der Waals surface area contributed by atoms with E-state index < -0.39 is 0 Å². The van der Waals surface area contributed by atoms with Gasteiger partial charge in [-0.15, -0.1) is 0 Å². The summed E-state index contributed by atoms with van der Waals surface area (Å²) in [5.74, 6) is 0.945. The smallest absolute Gasteiger partial charge is 0.234 e. The van der Waals surface area contributed by atoms with Crippen LogP contribution in [0.2, 0.25) is 0 Å². The van der Waals surface area contributed by atoms with Gasteiger partial charge in [0.1, 0.15) is 0 Å². The van der Waals surface area contributed by atoms with Crippen LogP contribution in [0.1, 0.15) is 49.7 Å². The summed E-state index contributed by atoms with van der Waals surface area (Å²) in [5, 5.41) is 0. The normalized spacial score (nSPS) is 18.6. The highest BCUT2D eigenvalue weighted by Crippen LogP contribution is 2.30. The van der Waals surface area contributed by atoms with Crippen molar-refractivity contribution in [3.63, 3.8) is 0 Å². The molecule has 4 nitrogen and oxygen atoms in total. The van der Waals surface area contributed by atoms with Gasteiger partial charge in [0.2, 0.25) is 11.8 Å². The topological polar surface area (TPSA) is 40.6 Å². The fraction of sp³-hybridized carbons (Fsp3) is 0.462. The van der Waals surface area contributed by atoms with Crippen LogP contribution in [0.5, 0.6) is 0 Å². The molecule has 30 heavy (non-hydrogen) atoms. The van der Waals surface area contributed by atoms with E-state index in [0.717, 1.165) is 55.8 Å². The molecule has 0 N–H and O–H groups in total. The Morgan fingerprint density at radius 1 is 0.733 bits per heavy atom. The largest absolute Gasteiger partial charge is 0.342 e. The highest BCUT2D eigenvalue weighted by Gasteiger charge is 2.34. The van der Waals surface area contributed by atoms with Gasteiger partial charge in [0.15, 0.2) is 0 Å². The minimum atomic E-state index is -0.289. The number of benzene rings is 2. The van der Waals surface area contributed by atoms with Crippen molar-refractivity contribution in [2.75, 3.05) is 26.2 Å². The monoisotopic (exact) mass is 404 g/mol. The third kappa shape index (κ3) is 4.58. The molecule has 158 valence electrons. The van der Waals surface area contributed by atoms with Gasteiger partial charge in [0.05, 0.1) is 5.92 Å². The zero-order valence-electron chi connectivity index (χ0n) is 17.9. The van der Waals surface area contributed by atoms with E-state index in [9.17, 15) is 9.59 Å². The van der Waals surface area contributed by atoms with Crippen LogP contribution in [0, 0.1) is 11.8 Å². The lowest BCUT2D eigenvalue weighted by molar-refractivity contribution is -0.142. The van der Waals surface area contributed by atoms with Gasteiger partial charge in [-0.2, -0.15) is 0 Å². The van der Waals surface area contributed by atoms with Gasteiger partial charge in [-0.1, -0.05) is 67.6 Å². The lowest BCUT2D eigenvalue weighted by Crippen LogP contribution is -2.47. The van der Waals surface area contributed by atoms with Crippen molar-refractivity contribution in [1.29, 1.82) is 0 Å². The maximum atomic E-state index is 13.5. The number of hydrogen-bond donors (Lipinski definition) is 0. The van der Waals surface area contributed by atoms with Crippen LogP contribution in [0.15, 0.2) is 60.7 Å². The highest BCUT2D eigenvalue weighted by atomic mass is 16.2. The summed E-state index contributed by atoms with van der Waals surface area (Å²) >= 11 is 0. The first kappa shape index (κ1) is 20.6. The van der Waals surface area contributed by atoms with Crippen LogP contribution in [-0.4, -0.2) is 47.8 Å². The van der Waals surface area contributed by atoms with E-state index in [-0.39, 0.29) is 17.7 Å². The maximum absolute atomic E-state index is 13.5. The molecule has 2 amide bonds. The second-order valence-electron chi connectivity index (χ2n) is 8.86. The van der Waals surface area contributed by atoms with Crippen LogP contribution in [0.3, 0.4) is 0 Å². The lowest BCUT2D eigenvalue weighted by atomic mass is 9.88. The molecule has 2 fully saturated rings. The van der Waals surface area contributed by atoms with E-state index in [1.807, 2.05) is 65.6 Å². The molecule has 0 unspecified atom stereocenters.